The first kappa shape index (κ1) is 11.7. The standard InChI is InChI=1S/C13H12O3S/c1-8-3-4-12(16-2)9(5-8)10-6-17-7-11(10)13(14)15/h3-7H,1-2H3,(H,14,15). The number of thiophene rings is 1. The van der Waals surface area contributed by atoms with Crippen molar-refractivity contribution >= 4 is 17.3 Å². The number of aryl methyl sites for hydroxylation is 1. The fourth-order valence-corrected chi connectivity index (χ4v) is 2.53. The van der Waals surface area contributed by atoms with Crippen molar-refractivity contribution in [3.63, 3.8) is 0 Å². The van der Waals surface area contributed by atoms with Crippen molar-refractivity contribution in [3.8, 4) is 16.9 Å². The van der Waals surface area contributed by atoms with E-state index in [1.807, 2.05) is 30.5 Å². The van der Waals surface area contributed by atoms with Crippen molar-refractivity contribution in [2.24, 2.45) is 0 Å². The van der Waals surface area contributed by atoms with Crippen LogP contribution in [0.4, 0.5) is 0 Å². The van der Waals surface area contributed by atoms with Crippen molar-refractivity contribution in [2.45, 2.75) is 6.92 Å². The van der Waals surface area contributed by atoms with E-state index in [2.05, 4.69) is 0 Å². The molecule has 2 aromatic rings. The highest BCUT2D eigenvalue weighted by Crippen LogP contribution is 2.35. The summed E-state index contributed by atoms with van der Waals surface area (Å²) in [7, 11) is 1.58. The molecule has 0 bridgehead atoms. The molecule has 88 valence electrons. The number of aromatic carboxylic acids is 1. The van der Waals surface area contributed by atoms with Gasteiger partial charge in [0.1, 0.15) is 5.75 Å². The van der Waals surface area contributed by atoms with Gasteiger partial charge in [-0.25, -0.2) is 4.79 Å². The van der Waals surface area contributed by atoms with Crippen LogP contribution in [0.3, 0.4) is 0 Å². The highest BCUT2D eigenvalue weighted by Gasteiger charge is 2.16. The van der Waals surface area contributed by atoms with Crippen LogP contribution in [-0.4, -0.2) is 18.2 Å². The second-order valence-electron chi connectivity index (χ2n) is 3.71. The molecule has 0 aliphatic heterocycles. The summed E-state index contributed by atoms with van der Waals surface area (Å²) in [6.45, 7) is 1.97. The number of benzene rings is 1. The Labute approximate surface area is 103 Å². The van der Waals surface area contributed by atoms with Gasteiger partial charge in [0.05, 0.1) is 12.7 Å². The van der Waals surface area contributed by atoms with E-state index in [1.165, 1.54) is 11.3 Å². The van der Waals surface area contributed by atoms with E-state index in [0.717, 1.165) is 11.1 Å². The Morgan fingerprint density at radius 2 is 2.06 bits per heavy atom. The Morgan fingerprint density at radius 3 is 2.71 bits per heavy atom. The molecular formula is C13H12O3S. The zero-order valence-corrected chi connectivity index (χ0v) is 10.4. The van der Waals surface area contributed by atoms with Gasteiger partial charge < -0.3 is 9.84 Å². The minimum absolute atomic E-state index is 0.318. The highest BCUT2D eigenvalue weighted by molar-refractivity contribution is 7.08. The van der Waals surface area contributed by atoms with Crippen LogP contribution in [0.5, 0.6) is 5.75 Å². The molecule has 1 N–H and O–H groups in total. The van der Waals surface area contributed by atoms with Gasteiger partial charge in [0.15, 0.2) is 0 Å². The minimum atomic E-state index is -0.912. The molecule has 0 radical (unpaired) electrons. The number of hydrogen-bond acceptors (Lipinski definition) is 3. The number of hydrogen-bond donors (Lipinski definition) is 1. The van der Waals surface area contributed by atoms with Gasteiger partial charge in [-0.1, -0.05) is 11.6 Å². The molecule has 1 heterocycles. The first-order valence-electron chi connectivity index (χ1n) is 5.08. The summed E-state index contributed by atoms with van der Waals surface area (Å²) in [6.07, 6.45) is 0. The molecule has 0 saturated heterocycles. The summed E-state index contributed by atoms with van der Waals surface area (Å²) < 4.78 is 5.27. The molecule has 1 aromatic heterocycles. The van der Waals surface area contributed by atoms with Crippen LogP contribution >= 0.6 is 11.3 Å². The normalized spacial score (nSPS) is 10.2. The van der Waals surface area contributed by atoms with Crippen molar-refractivity contribution in [3.05, 3.63) is 40.1 Å². The van der Waals surface area contributed by atoms with E-state index in [0.29, 0.717) is 16.9 Å². The zero-order valence-electron chi connectivity index (χ0n) is 9.56. The lowest BCUT2D eigenvalue weighted by atomic mass is 10.0. The SMILES string of the molecule is COc1ccc(C)cc1-c1cscc1C(=O)O. The number of ether oxygens (including phenoxy) is 1. The largest absolute Gasteiger partial charge is 0.496 e. The molecule has 0 unspecified atom stereocenters. The topological polar surface area (TPSA) is 46.5 Å². The molecule has 2 rings (SSSR count). The predicted molar refractivity (Wildman–Crippen MR) is 68.0 cm³/mol. The number of carboxylic acids is 1. The van der Waals surface area contributed by atoms with Gasteiger partial charge in [-0.3, -0.25) is 0 Å². The third kappa shape index (κ3) is 2.17. The van der Waals surface area contributed by atoms with Crippen LogP contribution in [0.1, 0.15) is 15.9 Å². The van der Waals surface area contributed by atoms with Crippen LogP contribution in [0.25, 0.3) is 11.1 Å². The Balaban J connectivity index is 2.63. The van der Waals surface area contributed by atoms with Crippen molar-refractivity contribution in [1.82, 2.24) is 0 Å². The van der Waals surface area contributed by atoms with Gasteiger partial charge in [0.25, 0.3) is 0 Å². The van der Waals surface area contributed by atoms with Gasteiger partial charge in [0.2, 0.25) is 0 Å². The Morgan fingerprint density at radius 1 is 1.29 bits per heavy atom. The van der Waals surface area contributed by atoms with Crippen LogP contribution in [0.2, 0.25) is 0 Å². The first-order chi connectivity index (χ1) is 8.13. The summed E-state index contributed by atoms with van der Waals surface area (Å²) in [5.41, 5.74) is 2.93. The van der Waals surface area contributed by atoms with Crippen LogP contribution in [0, 0.1) is 6.92 Å². The molecule has 4 heteroatoms. The summed E-state index contributed by atoms with van der Waals surface area (Å²) in [5, 5.41) is 12.6. The molecule has 0 fully saturated rings. The van der Waals surface area contributed by atoms with E-state index in [4.69, 9.17) is 9.84 Å². The maximum atomic E-state index is 11.1. The zero-order chi connectivity index (χ0) is 12.4. The molecule has 1 aromatic carbocycles. The Bertz CT molecular complexity index is 558. The molecular weight excluding hydrogens is 236 g/mol. The van der Waals surface area contributed by atoms with Crippen LogP contribution in [-0.2, 0) is 0 Å². The van der Waals surface area contributed by atoms with Crippen LogP contribution in [0.15, 0.2) is 29.0 Å². The third-order valence-corrected chi connectivity index (χ3v) is 3.28. The van der Waals surface area contributed by atoms with E-state index >= 15 is 0 Å². The molecule has 0 aliphatic carbocycles. The second-order valence-corrected chi connectivity index (χ2v) is 4.45. The molecule has 3 nitrogen and oxygen atoms in total. The van der Waals surface area contributed by atoms with E-state index in [-0.39, 0.29) is 0 Å². The second kappa shape index (κ2) is 4.59. The van der Waals surface area contributed by atoms with Crippen molar-refractivity contribution < 1.29 is 14.6 Å². The molecule has 0 spiro atoms. The quantitative estimate of drug-likeness (QED) is 0.905. The van der Waals surface area contributed by atoms with E-state index in [1.54, 1.807) is 12.5 Å². The third-order valence-electron chi connectivity index (χ3n) is 2.54. The summed E-state index contributed by atoms with van der Waals surface area (Å²) in [4.78, 5) is 11.1. The van der Waals surface area contributed by atoms with Gasteiger partial charge in [-0.2, -0.15) is 11.3 Å². The monoisotopic (exact) mass is 248 g/mol. The minimum Gasteiger partial charge on any atom is -0.496 e. The summed E-state index contributed by atoms with van der Waals surface area (Å²) >= 11 is 1.38. The maximum absolute atomic E-state index is 11.1. The average Bonchev–Trinajstić information content (AvgIpc) is 2.77. The summed E-state index contributed by atoms with van der Waals surface area (Å²) in [6, 6.07) is 5.73. The molecule has 0 aliphatic rings. The number of rotatable bonds is 3. The van der Waals surface area contributed by atoms with Gasteiger partial charge in [-0.15, -0.1) is 0 Å². The van der Waals surface area contributed by atoms with E-state index in [9.17, 15) is 4.79 Å². The van der Waals surface area contributed by atoms with Gasteiger partial charge in [0, 0.05) is 16.5 Å². The number of carboxylic acid groups (broad SMARTS) is 1. The predicted octanol–water partition coefficient (Wildman–Crippen LogP) is 3.43. The smallest absolute Gasteiger partial charge is 0.337 e. The molecule has 17 heavy (non-hydrogen) atoms. The lowest BCUT2D eigenvalue weighted by Crippen LogP contribution is -1.97. The van der Waals surface area contributed by atoms with Crippen LogP contribution < -0.4 is 4.74 Å². The van der Waals surface area contributed by atoms with Crippen molar-refractivity contribution in [1.29, 1.82) is 0 Å². The van der Waals surface area contributed by atoms with E-state index < -0.39 is 5.97 Å². The number of carbonyl (C=O) groups is 1. The van der Waals surface area contributed by atoms with Gasteiger partial charge in [-0.05, 0) is 24.4 Å². The fourth-order valence-electron chi connectivity index (χ4n) is 1.70. The fraction of sp³-hybridized carbons (Fsp3) is 0.154. The molecule has 0 saturated carbocycles. The summed E-state index contributed by atoms with van der Waals surface area (Å²) in [5.74, 6) is -0.221. The lowest BCUT2D eigenvalue weighted by Gasteiger charge is -2.09. The highest BCUT2D eigenvalue weighted by atomic mass is 32.1. The van der Waals surface area contributed by atoms with Crippen molar-refractivity contribution in [2.75, 3.05) is 7.11 Å². The lowest BCUT2D eigenvalue weighted by molar-refractivity contribution is 0.0698. The maximum Gasteiger partial charge on any atom is 0.337 e. The van der Waals surface area contributed by atoms with Gasteiger partial charge >= 0.3 is 5.97 Å². The number of methoxy groups -OCH3 is 1. The molecule has 0 atom stereocenters. The molecule has 0 amide bonds. The average molecular weight is 248 g/mol. The first-order valence-corrected chi connectivity index (χ1v) is 6.02. The Hall–Kier alpha value is -1.81. The Kier molecular flexibility index (Phi) is 3.15.